The summed E-state index contributed by atoms with van der Waals surface area (Å²) in [4.78, 5) is 14.3. The Hall–Kier alpha value is -3.91. The van der Waals surface area contributed by atoms with Crippen molar-refractivity contribution in [2.75, 3.05) is 0 Å². The van der Waals surface area contributed by atoms with Crippen LogP contribution in [0.25, 0.3) is 22.3 Å². The number of nitrogens with one attached hydrogen (secondary N) is 1. The fourth-order valence-corrected chi connectivity index (χ4v) is 3.10. The SMILES string of the molecule is N=[N+]=C(C(=O)O)c1ccc(-c2ccc(C(F)(F)F)cc2)c(-c2ccc(C(F)(F)F)cc2)c1. The van der Waals surface area contributed by atoms with Gasteiger partial charge in [-0.25, -0.2) is 4.79 Å². The number of carboxylic acids is 1. The van der Waals surface area contributed by atoms with Crippen LogP contribution >= 0.6 is 0 Å². The van der Waals surface area contributed by atoms with Gasteiger partial charge in [-0.3, -0.25) is 0 Å². The molecule has 164 valence electrons. The van der Waals surface area contributed by atoms with Gasteiger partial charge in [0.05, 0.1) is 27.0 Å². The average molecular weight is 451 g/mol. The van der Waals surface area contributed by atoms with E-state index in [0.717, 1.165) is 24.3 Å². The van der Waals surface area contributed by atoms with Gasteiger partial charge in [0.15, 0.2) is 0 Å². The van der Waals surface area contributed by atoms with Crippen LogP contribution in [0.5, 0.6) is 0 Å². The van der Waals surface area contributed by atoms with Crippen LogP contribution in [-0.2, 0) is 17.1 Å². The number of hydrogen-bond donors (Lipinski definition) is 2. The second-order valence-corrected chi connectivity index (χ2v) is 6.68. The highest BCUT2D eigenvalue weighted by Crippen LogP contribution is 2.37. The number of rotatable bonds is 4. The number of halogens is 6. The number of hydrogen-bond acceptors (Lipinski definition) is 2. The van der Waals surface area contributed by atoms with Crippen LogP contribution in [0.1, 0.15) is 16.7 Å². The lowest BCUT2D eigenvalue weighted by Gasteiger charge is -2.14. The van der Waals surface area contributed by atoms with Crippen molar-refractivity contribution < 1.29 is 41.0 Å². The highest BCUT2D eigenvalue weighted by molar-refractivity contribution is 6.40. The minimum absolute atomic E-state index is 0.0121. The molecule has 0 saturated carbocycles. The highest BCUT2D eigenvalue weighted by atomic mass is 19.4. The maximum Gasteiger partial charge on any atom is 0.455 e. The molecule has 0 aliphatic carbocycles. The number of aliphatic carboxylic acids is 1. The summed E-state index contributed by atoms with van der Waals surface area (Å²) in [5.41, 5.74) is 5.94. The van der Waals surface area contributed by atoms with E-state index in [0.29, 0.717) is 11.1 Å². The van der Waals surface area contributed by atoms with Crippen LogP contribution in [0.3, 0.4) is 0 Å². The molecule has 0 radical (unpaired) electrons. The van der Waals surface area contributed by atoms with Crippen LogP contribution in [0, 0.1) is 5.53 Å². The van der Waals surface area contributed by atoms with Crippen LogP contribution in [-0.4, -0.2) is 21.6 Å². The van der Waals surface area contributed by atoms with Gasteiger partial charge in [-0.2, -0.15) is 26.3 Å². The van der Waals surface area contributed by atoms with Crippen molar-refractivity contribution in [3.63, 3.8) is 0 Å². The van der Waals surface area contributed by atoms with Crippen LogP contribution in [0.15, 0.2) is 66.7 Å². The van der Waals surface area contributed by atoms with Crippen molar-refractivity contribution in [1.82, 2.24) is 0 Å². The first-order chi connectivity index (χ1) is 14.9. The van der Waals surface area contributed by atoms with Gasteiger partial charge >= 0.3 is 24.0 Å². The van der Waals surface area contributed by atoms with E-state index in [1.807, 2.05) is 0 Å². The van der Waals surface area contributed by atoms with E-state index in [1.54, 1.807) is 0 Å². The van der Waals surface area contributed by atoms with Crippen molar-refractivity contribution in [3.05, 3.63) is 83.4 Å². The zero-order valence-corrected chi connectivity index (χ0v) is 15.9. The second-order valence-electron chi connectivity index (χ2n) is 6.68. The van der Waals surface area contributed by atoms with E-state index >= 15 is 0 Å². The van der Waals surface area contributed by atoms with Crippen molar-refractivity contribution in [3.8, 4) is 22.3 Å². The summed E-state index contributed by atoms with van der Waals surface area (Å²) in [7, 11) is 0. The molecule has 0 bridgehead atoms. The average Bonchev–Trinajstić information content (AvgIpc) is 2.73. The number of carbonyl (C=O) groups is 1. The molecule has 0 aliphatic rings. The molecule has 0 amide bonds. The third kappa shape index (κ3) is 4.70. The minimum atomic E-state index is -4.56. The molecule has 0 heterocycles. The van der Waals surface area contributed by atoms with Gasteiger partial charge in [0.1, 0.15) is 0 Å². The smallest absolute Gasteiger partial charge is 0.455 e. The summed E-state index contributed by atoms with van der Waals surface area (Å²) in [6.45, 7) is 0. The van der Waals surface area contributed by atoms with E-state index in [-0.39, 0.29) is 16.7 Å². The Morgan fingerprint density at radius 3 is 1.53 bits per heavy atom. The maximum absolute atomic E-state index is 12.9. The quantitative estimate of drug-likeness (QED) is 0.215. The third-order valence-electron chi connectivity index (χ3n) is 4.65. The predicted octanol–water partition coefficient (Wildman–Crippen LogP) is 6.17. The molecule has 0 saturated heterocycles. The van der Waals surface area contributed by atoms with Crippen LogP contribution in [0.2, 0.25) is 0 Å². The number of nitrogens with zero attached hydrogens (tertiary/aromatic N) is 1. The minimum Gasteiger partial charge on any atom is -0.472 e. The van der Waals surface area contributed by atoms with Crippen molar-refractivity contribution >= 4 is 11.7 Å². The molecular formula is C22H13F6N2O2+. The molecule has 4 nitrogen and oxygen atoms in total. The third-order valence-corrected chi connectivity index (χ3v) is 4.65. The molecule has 0 atom stereocenters. The monoisotopic (exact) mass is 451 g/mol. The molecule has 3 aromatic carbocycles. The number of benzene rings is 3. The molecule has 0 fully saturated rings. The van der Waals surface area contributed by atoms with Gasteiger partial charge in [0, 0.05) is 0 Å². The van der Waals surface area contributed by atoms with Crippen molar-refractivity contribution in [1.29, 1.82) is 5.53 Å². The highest BCUT2D eigenvalue weighted by Gasteiger charge is 2.31. The summed E-state index contributed by atoms with van der Waals surface area (Å²) in [6, 6.07) is 12.2. The van der Waals surface area contributed by atoms with E-state index in [4.69, 9.17) is 5.53 Å². The van der Waals surface area contributed by atoms with Gasteiger partial charge in [-0.15, -0.1) is 0 Å². The lowest BCUT2D eigenvalue weighted by molar-refractivity contribution is -0.147. The molecule has 2 N–H and O–H groups in total. The van der Waals surface area contributed by atoms with Gasteiger partial charge in [0.2, 0.25) is 0 Å². The Bertz CT molecular complexity index is 1210. The van der Waals surface area contributed by atoms with E-state index in [2.05, 4.69) is 4.79 Å². The topological polar surface area (TPSA) is 75.2 Å². The molecule has 10 heteroatoms. The second kappa shape index (κ2) is 8.32. The first kappa shape index (κ1) is 22.8. The Balaban J connectivity index is 2.19. The van der Waals surface area contributed by atoms with Gasteiger partial charge < -0.3 is 5.11 Å². The lowest BCUT2D eigenvalue weighted by atomic mass is 9.91. The molecule has 0 aliphatic heterocycles. The number of alkyl halides is 6. The van der Waals surface area contributed by atoms with Crippen LogP contribution < -0.4 is 0 Å². The van der Waals surface area contributed by atoms with E-state index in [1.165, 1.54) is 42.5 Å². The van der Waals surface area contributed by atoms with E-state index in [9.17, 15) is 36.2 Å². The summed E-state index contributed by atoms with van der Waals surface area (Å²) in [5.74, 6) is -1.49. The van der Waals surface area contributed by atoms with Crippen LogP contribution in [0.4, 0.5) is 26.3 Å². The molecule has 0 unspecified atom stereocenters. The molecule has 32 heavy (non-hydrogen) atoms. The van der Waals surface area contributed by atoms with Gasteiger partial charge in [-0.1, -0.05) is 30.3 Å². The zero-order valence-electron chi connectivity index (χ0n) is 15.9. The first-order valence-corrected chi connectivity index (χ1v) is 8.89. The Morgan fingerprint density at radius 2 is 1.16 bits per heavy atom. The molecule has 3 rings (SSSR count). The van der Waals surface area contributed by atoms with Gasteiger partial charge in [0.25, 0.3) is 0 Å². The zero-order chi connectivity index (χ0) is 23.7. The normalized spacial score (nSPS) is 11.7. The first-order valence-electron chi connectivity index (χ1n) is 8.89. The lowest BCUT2D eigenvalue weighted by Crippen LogP contribution is -2.15. The standard InChI is InChI=1S/C22H12F6N2O2/c23-21(24,25)15-6-1-12(2-7-15)17-10-5-14(19(30-29)20(31)32)11-18(17)13-3-8-16(9-4-13)22(26,27)28/h1-11,29H/p+1. The Kier molecular flexibility index (Phi) is 5.92. The summed E-state index contributed by atoms with van der Waals surface area (Å²) >= 11 is 0. The molecule has 0 spiro atoms. The van der Waals surface area contributed by atoms with Gasteiger partial charge in [-0.05, 0) is 58.7 Å². The summed E-state index contributed by atoms with van der Waals surface area (Å²) in [6.07, 6.45) is -9.11. The number of carboxylic acid groups (broad SMARTS) is 1. The summed E-state index contributed by atoms with van der Waals surface area (Å²) in [5, 5.41) is 9.22. The maximum atomic E-state index is 12.9. The Morgan fingerprint density at radius 1 is 0.719 bits per heavy atom. The predicted molar refractivity (Wildman–Crippen MR) is 102 cm³/mol. The summed E-state index contributed by atoms with van der Waals surface area (Å²) < 4.78 is 77.4. The fourth-order valence-electron chi connectivity index (χ4n) is 3.10. The molecule has 3 aromatic rings. The largest absolute Gasteiger partial charge is 0.472 e. The van der Waals surface area contributed by atoms with Crippen molar-refractivity contribution in [2.45, 2.75) is 12.4 Å². The Labute approximate surface area is 177 Å². The van der Waals surface area contributed by atoms with Crippen molar-refractivity contribution in [2.24, 2.45) is 0 Å². The fraction of sp³-hybridized carbons (Fsp3) is 0.0909. The molecule has 0 aromatic heterocycles. The molecular weight excluding hydrogens is 438 g/mol. The van der Waals surface area contributed by atoms with E-state index < -0.39 is 35.2 Å².